The summed E-state index contributed by atoms with van der Waals surface area (Å²) in [6.45, 7) is 1.78. The first-order valence-corrected chi connectivity index (χ1v) is 10.5. The predicted octanol–water partition coefficient (Wildman–Crippen LogP) is 0.332. The largest absolute Gasteiger partial charge is 0.439 e. The summed E-state index contributed by atoms with van der Waals surface area (Å²) in [7, 11) is 0. The van der Waals surface area contributed by atoms with Crippen molar-refractivity contribution in [3.05, 3.63) is 35.9 Å². The molecule has 2 rings (SSSR count). The van der Waals surface area contributed by atoms with Crippen molar-refractivity contribution < 1.29 is 23.9 Å². The molecular weight excluding hydrogens is 452 g/mol. The lowest BCUT2D eigenvalue weighted by molar-refractivity contribution is -0.192. The van der Waals surface area contributed by atoms with Gasteiger partial charge in [-0.1, -0.05) is 36.8 Å². The van der Waals surface area contributed by atoms with E-state index in [1.807, 2.05) is 30.3 Å². The number of halogens is 1. The van der Waals surface area contributed by atoms with Gasteiger partial charge < -0.3 is 21.1 Å². The second-order valence-electron chi connectivity index (χ2n) is 7.47. The lowest BCUT2D eigenvalue weighted by Crippen LogP contribution is -2.65. The Kier molecular flexibility index (Phi) is 11.7. The van der Waals surface area contributed by atoms with Crippen LogP contribution in [0.3, 0.4) is 0 Å². The molecule has 0 aromatic heterocycles. The molecule has 2 atom stereocenters. The Bertz CT molecular complexity index is 838. The summed E-state index contributed by atoms with van der Waals surface area (Å²) in [5, 5.41) is 13.5. The monoisotopic (exact) mass is 482 g/mol. The van der Waals surface area contributed by atoms with E-state index in [1.54, 1.807) is 0 Å². The zero-order chi connectivity index (χ0) is 23.5. The van der Waals surface area contributed by atoms with Crippen LogP contribution in [0.15, 0.2) is 30.3 Å². The molecule has 11 nitrogen and oxygen atoms in total. The number of β-lactam (4-membered cyclic amide) rings is 1. The van der Waals surface area contributed by atoms with E-state index in [1.165, 1.54) is 6.92 Å². The Morgan fingerprint density at radius 1 is 1.21 bits per heavy atom. The number of amides is 3. The van der Waals surface area contributed by atoms with Gasteiger partial charge in [0.15, 0.2) is 5.96 Å². The lowest BCUT2D eigenvalue weighted by Gasteiger charge is -2.39. The molecule has 33 heavy (non-hydrogen) atoms. The van der Waals surface area contributed by atoms with Gasteiger partial charge in [0.25, 0.3) is 5.91 Å². The van der Waals surface area contributed by atoms with Gasteiger partial charge in [-0.15, -0.1) is 12.4 Å². The van der Waals surface area contributed by atoms with Gasteiger partial charge >= 0.3 is 5.97 Å². The summed E-state index contributed by atoms with van der Waals surface area (Å²) < 4.78 is 4.99. The number of guanidine groups is 1. The second-order valence-corrected chi connectivity index (χ2v) is 7.47. The van der Waals surface area contributed by atoms with Crippen molar-refractivity contribution >= 4 is 42.1 Å². The number of ether oxygens (including phenoxy) is 1. The van der Waals surface area contributed by atoms with Gasteiger partial charge in [0.2, 0.25) is 18.0 Å². The zero-order valence-corrected chi connectivity index (χ0v) is 19.3. The maximum Gasteiger partial charge on any atom is 0.304 e. The molecule has 0 bridgehead atoms. The van der Waals surface area contributed by atoms with Gasteiger partial charge in [-0.2, -0.15) is 0 Å². The highest BCUT2D eigenvalue weighted by Gasteiger charge is 2.41. The van der Waals surface area contributed by atoms with Crippen molar-refractivity contribution in [2.75, 3.05) is 6.54 Å². The van der Waals surface area contributed by atoms with E-state index in [4.69, 9.17) is 15.9 Å². The number of carbonyl (C=O) groups excluding carboxylic acids is 4. The molecule has 3 amide bonds. The highest BCUT2D eigenvalue weighted by molar-refractivity contribution is 5.91. The first-order valence-electron chi connectivity index (χ1n) is 10.5. The summed E-state index contributed by atoms with van der Waals surface area (Å²) in [5.41, 5.74) is 8.51. The number of nitrogens with zero attached hydrogens (tertiary/aromatic N) is 1. The summed E-state index contributed by atoms with van der Waals surface area (Å²) >= 11 is 0. The van der Waals surface area contributed by atoms with E-state index in [9.17, 15) is 19.2 Å². The minimum absolute atomic E-state index is 0. The lowest BCUT2D eigenvalue weighted by atomic mass is 10.0. The highest BCUT2D eigenvalue weighted by Crippen LogP contribution is 2.18. The summed E-state index contributed by atoms with van der Waals surface area (Å²) in [6.07, 6.45) is 1.75. The van der Waals surface area contributed by atoms with Crippen LogP contribution in [-0.4, -0.2) is 53.5 Å². The fraction of sp³-hybridized carbons (Fsp3) is 0.476. The Hall–Kier alpha value is -3.34. The fourth-order valence-corrected chi connectivity index (χ4v) is 3.14. The van der Waals surface area contributed by atoms with Crippen LogP contribution in [0, 0.1) is 5.41 Å². The first kappa shape index (κ1) is 27.7. The Labute approximate surface area is 198 Å². The van der Waals surface area contributed by atoms with Crippen molar-refractivity contribution in [1.29, 1.82) is 5.41 Å². The van der Waals surface area contributed by atoms with Gasteiger partial charge in [0, 0.05) is 26.3 Å². The van der Waals surface area contributed by atoms with E-state index >= 15 is 0 Å². The maximum absolute atomic E-state index is 12.8. The molecule has 1 fully saturated rings. The number of nitrogens with two attached hydrogens (primary N) is 1. The molecule has 1 aliphatic heterocycles. The SMILES string of the molecule is CC(=O)OC1CC(=O)N1NC(=O)C(Cc1ccccc1)NC(=O)CCCCCNC(=N)N.Cl. The average Bonchev–Trinajstić information content (AvgIpc) is 2.74. The summed E-state index contributed by atoms with van der Waals surface area (Å²) in [4.78, 5) is 48.3. The van der Waals surface area contributed by atoms with Crippen molar-refractivity contribution in [2.45, 2.75) is 57.7 Å². The minimum atomic E-state index is -0.907. The van der Waals surface area contributed by atoms with E-state index in [0.717, 1.165) is 23.4 Å². The fourth-order valence-electron chi connectivity index (χ4n) is 3.14. The molecule has 1 saturated heterocycles. The van der Waals surface area contributed by atoms with Crippen LogP contribution in [0.4, 0.5) is 0 Å². The number of nitrogens with one attached hydrogen (secondary N) is 4. The number of benzene rings is 1. The summed E-state index contributed by atoms with van der Waals surface area (Å²) in [6, 6.07) is 8.28. The number of rotatable bonds is 12. The molecule has 12 heteroatoms. The van der Waals surface area contributed by atoms with Crippen LogP contribution in [0.5, 0.6) is 0 Å². The number of hydrogen-bond acceptors (Lipinski definition) is 6. The average molecular weight is 483 g/mol. The maximum atomic E-state index is 12.8. The van der Waals surface area contributed by atoms with Gasteiger partial charge in [-0.25, -0.2) is 5.01 Å². The van der Waals surface area contributed by atoms with Crippen LogP contribution >= 0.6 is 12.4 Å². The van der Waals surface area contributed by atoms with Crippen LogP contribution in [-0.2, 0) is 30.3 Å². The van der Waals surface area contributed by atoms with Gasteiger partial charge in [0.1, 0.15) is 6.04 Å². The molecule has 0 spiro atoms. The number of hydrazine groups is 1. The number of unbranched alkanes of at least 4 members (excludes halogenated alkanes) is 2. The van der Waals surface area contributed by atoms with Crippen molar-refractivity contribution in [3.8, 4) is 0 Å². The Balaban J connectivity index is 0.00000544. The van der Waals surface area contributed by atoms with Crippen LogP contribution in [0.1, 0.15) is 44.6 Å². The van der Waals surface area contributed by atoms with Gasteiger partial charge in [-0.05, 0) is 18.4 Å². The molecule has 1 aromatic carbocycles. The number of carbonyl (C=O) groups is 4. The van der Waals surface area contributed by atoms with Crippen molar-refractivity contribution in [3.63, 3.8) is 0 Å². The zero-order valence-electron chi connectivity index (χ0n) is 18.5. The third kappa shape index (κ3) is 9.77. The van der Waals surface area contributed by atoms with Gasteiger partial charge in [0.05, 0.1) is 6.42 Å². The van der Waals surface area contributed by atoms with Crippen molar-refractivity contribution in [1.82, 2.24) is 21.1 Å². The molecular formula is C21H31ClN6O5. The van der Waals surface area contributed by atoms with Crippen LogP contribution in [0.25, 0.3) is 0 Å². The molecule has 0 aliphatic carbocycles. The first-order chi connectivity index (χ1) is 15.3. The Morgan fingerprint density at radius 2 is 1.91 bits per heavy atom. The third-order valence-corrected chi connectivity index (χ3v) is 4.77. The van der Waals surface area contributed by atoms with E-state index in [0.29, 0.717) is 13.0 Å². The normalized spacial score (nSPS) is 15.4. The molecule has 0 radical (unpaired) electrons. The molecule has 0 saturated carbocycles. The quantitative estimate of drug-likeness (QED) is 0.0940. The predicted molar refractivity (Wildman–Crippen MR) is 123 cm³/mol. The summed E-state index contributed by atoms with van der Waals surface area (Å²) in [5.74, 6) is -1.89. The van der Waals surface area contributed by atoms with E-state index in [2.05, 4.69) is 16.1 Å². The third-order valence-electron chi connectivity index (χ3n) is 4.77. The second kappa shape index (κ2) is 13.9. The molecule has 6 N–H and O–H groups in total. The molecule has 2 unspecified atom stereocenters. The number of esters is 1. The van der Waals surface area contributed by atoms with Crippen molar-refractivity contribution in [2.24, 2.45) is 5.73 Å². The molecule has 1 aromatic rings. The van der Waals surface area contributed by atoms with E-state index < -0.39 is 24.1 Å². The van der Waals surface area contributed by atoms with E-state index in [-0.39, 0.29) is 49.4 Å². The molecule has 182 valence electrons. The van der Waals surface area contributed by atoms with Gasteiger partial charge in [-0.3, -0.25) is 30.0 Å². The van der Waals surface area contributed by atoms with Crippen LogP contribution in [0.2, 0.25) is 0 Å². The Morgan fingerprint density at radius 3 is 2.52 bits per heavy atom. The molecule has 1 aliphatic rings. The standard InChI is InChI=1S/C21H30N6O5.ClH/c1-14(28)32-19-13-18(30)27(19)26-20(31)16(12-15-8-4-2-5-9-15)25-17(29)10-6-3-7-11-24-21(22)23;/h2,4-5,8-9,16,19H,3,6-7,10-13H2,1H3,(H,25,29)(H,26,31)(H4,22,23,24);1H. The smallest absolute Gasteiger partial charge is 0.304 e. The number of hydrogen-bond donors (Lipinski definition) is 5. The van der Waals surface area contributed by atoms with Crippen LogP contribution < -0.4 is 21.8 Å². The molecule has 1 heterocycles. The highest BCUT2D eigenvalue weighted by atomic mass is 35.5. The topological polar surface area (TPSA) is 167 Å². The minimum Gasteiger partial charge on any atom is -0.439 e.